The van der Waals surface area contributed by atoms with Crippen LogP contribution in [0.3, 0.4) is 0 Å². The molecular formula is C12H13N. The Morgan fingerprint density at radius 2 is 2.15 bits per heavy atom. The fourth-order valence-electron chi connectivity index (χ4n) is 1.13. The number of rotatable bonds is 3. The third-order valence-electron chi connectivity index (χ3n) is 1.91. The van der Waals surface area contributed by atoms with E-state index in [4.69, 9.17) is 0 Å². The molecule has 0 saturated heterocycles. The maximum atomic E-state index is 3.89. The summed E-state index contributed by atoms with van der Waals surface area (Å²) in [6, 6.07) is 5.92. The van der Waals surface area contributed by atoms with Crippen molar-refractivity contribution < 1.29 is 0 Å². The quantitative estimate of drug-likeness (QED) is 0.615. The van der Waals surface area contributed by atoms with Gasteiger partial charge >= 0.3 is 0 Å². The zero-order chi connectivity index (χ0) is 9.84. The second-order valence-corrected chi connectivity index (χ2v) is 2.92. The minimum atomic E-state index is 0.861. The Morgan fingerprint density at radius 3 is 2.62 bits per heavy atom. The Morgan fingerprint density at radius 1 is 1.46 bits per heavy atom. The summed E-state index contributed by atoms with van der Waals surface area (Å²) >= 11 is 0. The molecule has 0 aliphatic carbocycles. The summed E-state index contributed by atoms with van der Waals surface area (Å²) in [5.74, 6) is 0. The molecule has 0 radical (unpaired) electrons. The van der Waals surface area contributed by atoms with Crippen molar-refractivity contribution in [3.8, 4) is 0 Å². The normalized spacial score (nSPS) is 9.31. The second-order valence-electron chi connectivity index (χ2n) is 2.92. The SMILES string of the molecule is C=Cc1cc(C(=C)C)ccc1N=C. The Balaban J connectivity index is 3.28. The lowest BCUT2D eigenvalue weighted by Gasteiger charge is -2.04. The first-order valence-corrected chi connectivity index (χ1v) is 4.08. The molecule has 0 aliphatic heterocycles. The van der Waals surface area contributed by atoms with Crippen LogP contribution < -0.4 is 0 Å². The maximum absolute atomic E-state index is 3.89. The molecule has 1 heteroatoms. The van der Waals surface area contributed by atoms with Crippen LogP contribution in [0, 0.1) is 0 Å². The van der Waals surface area contributed by atoms with Crippen molar-refractivity contribution in [1.29, 1.82) is 0 Å². The second kappa shape index (κ2) is 3.85. The van der Waals surface area contributed by atoms with Crippen molar-refractivity contribution in [2.45, 2.75) is 6.92 Å². The van der Waals surface area contributed by atoms with Gasteiger partial charge in [0.05, 0.1) is 5.69 Å². The summed E-state index contributed by atoms with van der Waals surface area (Å²) in [4.78, 5) is 3.89. The number of nitrogens with zero attached hydrogens (tertiary/aromatic N) is 1. The zero-order valence-electron chi connectivity index (χ0n) is 7.88. The van der Waals surface area contributed by atoms with Crippen LogP contribution in [-0.2, 0) is 0 Å². The van der Waals surface area contributed by atoms with Gasteiger partial charge in [0, 0.05) is 5.56 Å². The molecule has 0 atom stereocenters. The van der Waals surface area contributed by atoms with Crippen LogP contribution in [0.25, 0.3) is 11.6 Å². The van der Waals surface area contributed by atoms with Gasteiger partial charge in [-0.05, 0) is 31.3 Å². The standard InChI is InChI=1S/C12H13N/c1-5-10-8-11(9(2)3)6-7-12(10)13-4/h5-8H,1-2,4H2,3H3. The lowest BCUT2D eigenvalue weighted by Crippen LogP contribution is -1.80. The van der Waals surface area contributed by atoms with Crippen molar-refractivity contribution in [3.05, 3.63) is 42.5 Å². The maximum Gasteiger partial charge on any atom is 0.0694 e. The molecule has 0 heterocycles. The summed E-state index contributed by atoms with van der Waals surface area (Å²) < 4.78 is 0. The van der Waals surface area contributed by atoms with Crippen LogP contribution >= 0.6 is 0 Å². The lowest BCUT2D eigenvalue weighted by molar-refractivity contribution is 1.49. The Bertz CT molecular complexity index is 361. The molecule has 1 aromatic rings. The van der Waals surface area contributed by atoms with E-state index in [1.807, 2.05) is 25.1 Å². The van der Waals surface area contributed by atoms with E-state index >= 15 is 0 Å². The molecule has 0 amide bonds. The van der Waals surface area contributed by atoms with E-state index in [2.05, 4.69) is 24.9 Å². The molecule has 1 nitrogen and oxygen atoms in total. The van der Waals surface area contributed by atoms with Crippen LogP contribution in [0.5, 0.6) is 0 Å². The molecule has 1 rings (SSSR count). The molecule has 0 aliphatic rings. The van der Waals surface area contributed by atoms with Gasteiger partial charge in [-0.3, -0.25) is 4.99 Å². The van der Waals surface area contributed by atoms with E-state index in [1.54, 1.807) is 6.08 Å². The van der Waals surface area contributed by atoms with E-state index in [0.29, 0.717) is 0 Å². The first-order chi connectivity index (χ1) is 6.19. The summed E-state index contributed by atoms with van der Waals surface area (Å²) in [5.41, 5.74) is 4.01. The first kappa shape index (κ1) is 9.46. The van der Waals surface area contributed by atoms with E-state index < -0.39 is 0 Å². The van der Waals surface area contributed by atoms with Gasteiger partial charge in [0.2, 0.25) is 0 Å². The monoisotopic (exact) mass is 171 g/mol. The summed E-state index contributed by atoms with van der Waals surface area (Å²) in [6.45, 7) is 13.1. The van der Waals surface area contributed by atoms with Gasteiger partial charge in [-0.1, -0.05) is 30.9 Å². The highest BCUT2D eigenvalue weighted by Crippen LogP contribution is 2.23. The highest BCUT2D eigenvalue weighted by atomic mass is 14.7. The fraction of sp³-hybridized carbons (Fsp3) is 0.0833. The molecule has 13 heavy (non-hydrogen) atoms. The van der Waals surface area contributed by atoms with Crippen molar-refractivity contribution >= 4 is 24.1 Å². The molecule has 0 spiro atoms. The topological polar surface area (TPSA) is 12.4 Å². The van der Waals surface area contributed by atoms with Gasteiger partial charge < -0.3 is 0 Å². The Hall–Kier alpha value is -1.63. The predicted molar refractivity (Wildman–Crippen MR) is 60.5 cm³/mol. The van der Waals surface area contributed by atoms with Crippen molar-refractivity contribution in [2.75, 3.05) is 0 Å². The summed E-state index contributed by atoms with van der Waals surface area (Å²) in [6.07, 6.45) is 1.77. The van der Waals surface area contributed by atoms with Crippen LogP contribution in [0.15, 0.2) is 36.3 Å². The minimum Gasteiger partial charge on any atom is -0.264 e. The van der Waals surface area contributed by atoms with E-state index in [0.717, 1.165) is 22.4 Å². The van der Waals surface area contributed by atoms with E-state index in [9.17, 15) is 0 Å². The van der Waals surface area contributed by atoms with Gasteiger partial charge in [0.15, 0.2) is 0 Å². The molecule has 0 unspecified atom stereocenters. The number of aliphatic imine (C=N–C) groups is 1. The molecule has 0 N–H and O–H groups in total. The van der Waals surface area contributed by atoms with Gasteiger partial charge in [0.25, 0.3) is 0 Å². The van der Waals surface area contributed by atoms with Crippen LogP contribution in [-0.4, -0.2) is 6.72 Å². The highest BCUT2D eigenvalue weighted by Gasteiger charge is 1.99. The molecule has 0 saturated carbocycles. The number of allylic oxidation sites excluding steroid dienone is 1. The van der Waals surface area contributed by atoms with Crippen LogP contribution in [0.1, 0.15) is 18.1 Å². The molecular weight excluding hydrogens is 158 g/mol. The number of hydrogen-bond donors (Lipinski definition) is 0. The summed E-state index contributed by atoms with van der Waals surface area (Å²) in [7, 11) is 0. The Labute approximate surface area is 79.1 Å². The average Bonchev–Trinajstić information content (AvgIpc) is 2.16. The first-order valence-electron chi connectivity index (χ1n) is 4.08. The highest BCUT2D eigenvalue weighted by molar-refractivity contribution is 5.71. The third-order valence-corrected chi connectivity index (χ3v) is 1.91. The molecule has 1 aromatic carbocycles. The van der Waals surface area contributed by atoms with Crippen LogP contribution in [0.4, 0.5) is 5.69 Å². The van der Waals surface area contributed by atoms with Gasteiger partial charge in [0.1, 0.15) is 0 Å². The predicted octanol–water partition coefficient (Wildman–Crippen LogP) is 3.69. The van der Waals surface area contributed by atoms with Crippen molar-refractivity contribution in [1.82, 2.24) is 0 Å². The van der Waals surface area contributed by atoms with E-state index in [-0.39, 0.29) is 0 Å². The molecule has 66 valence electrons. The average molecular weight is 171 g/mol. The minimum absolute atomic E-state index is 0.861. The van der Waals surface area contributed by atoms with Crippen LogP contribution in [0.2, 0.25) is 0 Å². The summed E-state index contributed by atoms with van der Waals surface area (Å²) in [5, 5.41) is 0. The molecule has 0 fully saturated rings. The van der Waals surface area contributed by atoms with E-state index in [1.165, 1.54) is 0 Å². The lowest BCUT2D eigenvalue weighted by atomic mass is 10.0. The fourth-order valence-corrected chi connectivity index (χ4v) is 1.13. The van der Waals surface area contributed by atoms with Crippen molar-refractivity contribution in [2.24, 2.45) is 4.99 Å². The van der Waals surface area contributed by atoms with Crippen molar-refractivity contribution in [3.63, 3.8) is 0 Å². The number of benzene rings is 1. The number of hydrogen-bond acceptors (Lipinski definition) is 1. The van der Waals surface area contributed by atoms with Gasteiger partial charge in [-0.2, -0.15) is 0 Å². The Kier molecular flexibility index (Phi) is 2.80. The largest absolute Gasteiger partial charge is 0.264 e. The molecule has 0 aromatic heterocycles. The third kappa shape index (κ3) is 1.94. The van der Waals surface area contributed by atoms with Gasteiger partial charge in [-0.25, -0.2) is 0 Å². The smallest absolute Gasteiger partial charge is 0.0694 e. The van der Waals surface area contributed by atoms with Gasteiger partial charge in [-0.15, -0.1) is 0 Å². The molecule has 0 bridgehead atoms. The zero-order valence-corrected chi connectivity index (χ0v) is 7.88.